The van der Waals surface area contributed by atoms with Crippen LogP contribution in [0.5, 0.6) is 0 Å². The van der Waals surface area contributed by atoms with E-state index < -0.39 is 0 Å². The molecule has 5 heteroatoms. The van der Waals surface area contributed by atoms with Crippen molar-refractivity contribution in [3.05, 3.63) is 16.1 Å². The molecule has 2 aliphatic rings. The van der Waals surface area contributed by atoms with Crippen molar-refractivity contribution in [2.24, 2.45) is 0 Å². The van der Waals surface area contributed by atoms with E-state index in [4.69, 9.17) is 4.74 Å². The molecule has 0 aromatic carbocycles. The fraction of sp³-hybridized carbons (Fsp3) is 0.842. The van der Waals surface area contributed by atoms with E-state index in [1.807, 2.05) is 5.51 Å². The second-order valence-corrected chi connectivity index (χ2v) is 8.67. The summed E-state index contributed by atoms with van der Waals surface area (Å²) < 4.78 is 6.36. The number of ether oxygens (including phenoxy) is 1. The van der Waals surface area contributed by atoms with Crippen molar-refractivity contribution >= 4 is 11.3 Å². The summed E-state index contributed by atoms with van der Waals surface area (Å²) in [7, 11) is 0. The van der Waals surface area contributed by atoms with Crippen LogP contribution >= 0.6 is 11.3 Å². The predicted molar refractivity (Wildman–Crippen MR) is 101 cm³/mol. The Hall–Kier alpha value is -0.490. The Morgan fingerprint density at radius 1 is 1.42 bits per heavy atom. The number of likely N-dealkylation sites (tertiary alicyclic amines) is 1. The topological polar surface area (TPSA) is 28.6 Å². The zero-order valence-corrected chi connectivity index (χ0v) is 16.6. The van der Waals surface area contributed by atoms with Gasteiger partial charge in [-0.05, 0) is 53.0 Å². The smallest absolute Gasteiger partial charge is 0.0798 e. The fourth-order valence-corrected chi connectivity index (χ4v) is 5.07. The molecule has 3 rings (SSSR count). The lowest BCUT2D eigenvalue weighted by Crippen LogP contribution is -2.54. The third kappa shape index (κ3) is 4.01. The van der Waals surface area contributed by atoms with Crippen molar-refractivity contribution < 1.29 is 4.74 Å². The Morgan fingerprint density at radius 3 is 2.75 bits per heavy atom. The molecule has 1 spiro atoms. The minimum atomic E-state index is 0.129. The van der Waals surface area contributed by atoms with Gasteiger partial charge in [0.05, 0.1) is 16.8 Å². The molecule has 2 saturated heterocycles. The van der Waals surface area contributed by atoms with Crippen LogP contribution in [0.3, 0.4) is 0 Å². The van der Waals surface area contributed by atoms with Gasteiger partial charge in [0.15, 0.2) is 0 Å². The lowest BCUT2D eigenvalue weighted by Gasteiger charge is -2.49. The Morgan fingerprint density at radius 2 is 2.17 bits per heavy atom. The minimum absolute atomic E-state index is 0.129. The van der Waals surface area contributed by atoms with Crippen molar-refractivity contribution in [2.75, 3.05) is 26.2 Å². The highest BCUT2D eigenvalue weighted by Crippen LogP contribution is 2.37. The summed E-state index contributed by atoms with van der Waals surface area (Å²) in [5, 5.41) is 0. The van der Waals surface area contributed by atoms with E-state index in [0.29, 0.717) is 12.1 Å². The van der Waals surface area contributed by atoms with Gasteiger partial charge < -0.3 is 9.64 Å². The quantitative estimate of drug-likeness (QED) is 0.809. The Bertz CT molecular complexity index is 522. The van der Waals surface area contributed by atoms with Crippen LogP contribution in [0.25, 0.3) is 0 Å². The number of thiazole rings is 1. The minimum Gasteiger partial charge on any atom is -0.375 e. The van der Waals surface area contributed by atoms with Crippen LogP contribution in [0.2, 0.25) is 0 Å². The maximum absolute atomic E-state index is 6.36. The molecule has 0 bridgehead atoms. The lowest BCUT2D eigenvalue weighted by molar-refractivity contribution is -0.135. The lowest BCUT2D eigenvalue weighted by atomic mass is 9.81. The van der Waals surface area contributed by atoms with Crippen LogP contribution in [-0.4, -0.2) is 58.7 Å². The van der Waals surface area contributed by atoms with Gasteiger partial charge in [0, 0.05) is 43.2 Å². The molecule has 0 saturated carbocycles. The van der Waals surface area contributed by atoms with Gasteiger partial charge in [-0.25, -0.2) is 4.98 Å². The van der Waals surface area contributed by atoms with Gasteiger partial charge >= 0.3 is 0 Å². The standard InChI is InChI=1S/C19H33N3OS/c1-5-21(13-18-16(4)20-14-24-18)17-6-11-23-19(12-17)7-9-22(10-8-19)15(2)3/h14-15,17H,5-13H2,1-4H3. The SMILES string of the molecule is CCN(Cc1scnc1C)C1CCOC2(CCN(C(C)C)CC2)C1. The fourth-order valence-electron chi connectivity index (χ4n) is 4.27. The van der Waals surface area contributed by atoms with E-state index >= 15 is 0 Å². The largest absolute Gasteiger partial charge is 0.375 e. The number of hydrogen-bond donors (Lipinski definition) is 0. The van der Waals surface area contributed by atoms with Crippen molar-refractivity contribution in [2.45, 2.75) is 77.6 Å². The molecule has 1 atom stereocenters. The Kier molecular flexibility index (Phi) is 5.96. The summed E-state index contributed by atoms with van der Waals surface area (Å²) in [4.78, 5) is 11.1. The summed E-state index contributed by atoms with van der Waals surface area (Å²) in [5.74, 6) is 0. The first-order valence-electron chi connectivity index (χ1n) is 9.54. The number of aromatic nitrogens is 1. The van der Waals surface area contributed by atoms with Gasteiger partial charge in [0.1, 0.15) is 0 Å². The second-order valence-electron chi connectivity index (χ2n) is 7.73. The van der Waals surface area contributed by atoms with Crippen LogP contribution in [0.4, 0.5) is 0 Å². The average molecular weight is 352 g/mol. The number of nitrogens with zero attached hydrogens (tertiary/aromatic N) is 3. The highest BCUT2D eigenvalue weighted by molar-refractivity contribution is 7.09. The van der Waals surface area contributed by atoms with Gasteiger partial charge in [0.2, 0.25) is 0 Å². The van der Waals surface area contributed by atoms with Gasteiger partial charge in [0.25, 0.3) is 0 Å². The summed E-state index contributed by atoms with van der Waals surface area (Å²) in [6.45, 7) is 14.5. The highest BCUT2D eigenvalue weighted by Gasteiger charge is 2.41. The Balaban J connectivity index is 1.63. The predicted octanol–water partition coefficient (Wildman–Crippen LogP) is 3.70. The van der Waals surface area contributed by atoms with Crippen LogP contribution in [0.1, 0.15) is 57.0 Å². The second kappa shape index (κ2) is 7.81. The molecule has 136 valence electrons. The average Bonchev–Trinajstić information content (AvgIpc) is 2.98. The summed E-state index contributed by atoms with van der Waals surface area (Å²) in [5.41, 5.74) is 3.31. The molecule has 0 aliphatic carbocycles. The number of rotatable bonds is 5. The number of piperidine rings is 1. The molecule has 0 N–H and O–H groups in total. The maximum Gasteiger partial charge on any atom is 0.0798 e. The molecule has 3 heterocycles. The van der Waals surface area contributed by atoms with E-state index in [0.717, 1.165) is 19.7 Å². The van der Waals surface area contributed by atoms with Crippen LogP contribution < -0.4 is 0 Å². The van der Waals surface area contributed by atoms with E-state index in [2.05, 4.69) is 42.5 Å². The molecule has 24 heavy (non-hydrogen) atoms. The van der Waals surface area contributed by atoms with E-state index in [9.17, 15) is 0 Å². The van der Waals surface area contributed by atoms with Gasteiger partial charge in [-0.15, -0.1) is 11.3 Å². The molecule has 4 nitrogen and oxygen atoms in total. The van der Waals surface area contributed by atoms with Crippen molar-refractivity contribution in [3.8, 4) is 0 Å². The normalized spacial score (nSPS) is 25.0. The first-order valence-corrected chi connectivity index (χ1v) is 10.4. The van der Waals surface area contributed by atoms with Crippen LogP contribution in [-0.2, 0) is 11.3 Å². The first-order chi connectivity index (χ1) is 11.5. The molecule has 2 fully saturated rings. The highest BCUT2D eigenvalue weighted by atomic mass is 32.1. The molecule has 1 aromatic heterocycles. The van der Waals surface area contributed by atoms with E-state index in [1.54, 1.807) is 11.3 Å². The van der Waals surface area contributed by atoms with Crippen LogP contribution in [0, 0.1) is 6.92 Å². The third-order valence-electron chi connectivity index (χ3n) is 6.02. The van der Waals surface area contributed by atoms with Gasteiger partial charge in [-0.1, -0.05) is 6.92 Å². The van der Waals surface area contributed by atoms with Crippen molar-refractivity contribution in [3.63, 3.8) is 0 Å². The Labute approximate surface area is 151 Å². The molecule has 0 amide bonds. The number of hydrogen-bond acceptors (Lipinski definition) is 5. The summed E-state index contributed by atoms with van der Waals surface area (Å²) >= 11 is 1.80. The van der Waals surface area contributed by atoms with Gasteiger partial charge in [-0.3, -0.25) is 4.90 Å². The van der Waals surface area contributed by atoms with Gasteiger partial charge in [-0.2, -0.15) is 0 Å². The summed E-state index contributed by atoms with van der Waals surface area (Å²) in [6.07, 6.45) is 4.75. The van der Waals surface area contributed by atoms with Crippen molar-refractivity contribution in [1.29, 1.82) is 0 Å². The monoisotopic (exact) mass is 351 g/mol. The first kappa shape index (κ1) is 18.3. The van der Waals surface area contributed by atoms with E-state index in [-0.39, 0.29) is 5.60 Å². The molecular formula is C19H33N3OS. The summed E-state index contributed by atoms with van der Waals surface area (Å²) in [6, 6.07) is 1.30. The maximum atomic E-state index is 6.36. The zero-order chi connectivity index (χ0) is 17.2. The molecule has 2 aliphatic heterocycles. The molecular weight excluding hydrogens is 318 g/mol. The molecule has 1 unspecified atom stereocenters. The van der Waals surface area contributed by atoms with Crippen LogP contribution in [0.15, 0.2) is 5.51 Å². The van der Waals surface area contributed by atoms with E-state index in [1.165, 1.54) is 49.3 Å². The molecule has 0 radical (unpaired) electrons. The molecule has 1 aromatic rings. The number of aryl methyl sites for hydroxylation is 1. The van der Waals surface area contributed by atoms with Crippen molar-refractivity contribution in [1.82, 2.24) is 14.8 Å². The zero-order valence-electron chi connectivity index (χ0n) is 15.8. The third-order valence-corrected chi connectivity index (χ3v) is 6.94.